The topological polar surface area (TPSA) is 62.3 Å². The van der Waals surface area contributed by atoms with Crippen molar-refractivity contribution in [3.63, 3.8) is 0 Å². The van der Waals surface area contributed by atoms with Crippen LogP contribution in [0.2, 0.25) is 0 Å². The van der Waals surface area contributed by atoms with E-state index in [1.165, 1.54) is 0 Å². The molecule has 1 N–H and O–H groups in total. The summed E-state index contributed by atoms with van der Waals surface area (Å²) in [6, 6.07) is 13.5. The molecule has 1 aliphatic rings. The summed E-state index contributed by atoms with van der Waals surface area (Å²) in [5.74, 6) is 1.09. The van der Waals surface area contributed by atoms with E-state index in [2.05, 4.69) is 10.3 Å². The second-order valence-electron chi connectivity index (χ2n) is 6.36. The van der Waals surface area contributed by atoms with E-state index in [4.69, 9.17) is 0 Å². The minimum Gasteiger partial charge on any atom is -0.349 e. The molecule has 0 spiro atoms. The molecule has 0 radical (unpaired) electrons. The molecule has 0 saturated carbocycles. The van der Waals surface area contributed by atoms with Crippen molar-refractivity contribution in [2.45, 2.75) is 19.0 Å². The lowest BCUT2D eigenvalue weighted by Gasteiger charge is -2.22. The number of thiophene rings is 1. The summed E-state index contributed by atoms with van der Waals surface area (Å²) in [5.41, 5.74) is 1.90. The number of benzene rings is 1. The maximum Gasteiger partial charge on any atom is 0.244 e. The van der Waals surface area contributed by atoms with Gasteiger partial charge in [0.2, 0.25) is 11.8 Å². The van der Waals surface area contributed by atoms with Crippen molar-refractivity contribution < 1.29 is 9.59 Å². The van der Waals surface area contributed by atoms with Gasteiger partial charge in [-0.1, -0.05) is 36.4 Å². The fraction of sp³-hybridized carbons (Fsp3) is 0.250. The van der Waals surface area contributed by atoms with Crippen molar-refractivity contribution in [3.05, 3.63) is 63.8 Å². The number of thioether (sulfide) groups is 1. The Bertz CT molecular complexity index is 941. The van der Waals surface area contributed by atoms with Crippen molar-refractivity contribution in [2.24, 2.45) is 0 Å². The number of thiazole rings is 1. The number of hydrogen-bond acceptors (Lipinski definition) is 6. The van der Waals surface area contributed by atoms with Gasteiger partial charge in [0.05, 0.1) is 24.5 Å². The lowest BCUT2D eigenvalue weighted by molar-refractivity contribution is -0.137. The molecule has 8 heteroatoms. The van der Waals surface area contributed by atoms with E-state index < -0.39 is 6.04 Å². The summed E-state index contributed by atoms with van der Waals surface area (Å²) >= 11 is 4.75. The Morgan fingerprint density at radius 3 is 2.79 bits per heavy atom. The van der Waals surface area contributed by atoms with Gasteiger partial charge in [-0.05, 0) is 11.4 Å². The first-order valence-corrected chi connectivity index (χ1v) is 11.8. The molecule has 1 fully saturated rings. The molecule has 4 rings (SSSR count). The zero-order valence-electron chi connectivity index (χ0n) is 15.0. The fourth-order valence-electron chi connectivity index (χ4n) is 2.97. The van der Waals surface area contributed by atoms with Gasteiger partial charge in [-0.3, -0.25) is 9.59 Å². The third-order valence-electron chi connectivity index (χ3n) is 4.43. The predicted molar refractivity (Wildman–Crippen MR) is 115 cm³/mol. The normalized spacial score (nSPS) is 16.3. The van der Waals surface area contributed by atoms with E-state index in [-0.39, 0.29) is 11.8 Å². The molecule has 1 atom stereocenters. The summed E-state index contributed by atoms with van der Waals surface area (Å²) in [4.78, 5) is 32.6. The summed E-state index contributed by atoms with van der Waals surface area (Å²) in [6.07, 6.45) is 0.356. The first kappa shape index (κ1) is 19.2. The Kier molecular flexibility index (Phi) is 6.09. The van der Waals surface area contributed by atoms with Gasteiger partial charge in [0.1, 0.15) is 11.0 Å². The maximum absolute atomic E-state index is 12.7. The molecule has 0 unspecified atom stereocenters. The van der Waals surface area contributed by atoms with Gasteiger partial charge in [-0.25, -0.2) is 4.98 Å². The zero-order valence-corrected chi connectivity index (χ0v) is 17.5. The fourth-order valence-corrected chi connectivity index (χ4v) is 5.67. The van der Waals surface area contributed by atoms with Gasteiger partial charge >= 0.3 is 0 Å². The minimum atomic E-state index is -0.412. The van der Waals surface area contributed by atoms with Crippen LogP contribution in [0.25, 0.3) is 10.6 Å². The van der Waals surface area contributed by atoms with Crippen LogP contribution in [0.3, 0.4) is 0 Å². The highest BCUT2D eigenvalue weighted by Crippen LogP contribution is 2.25. The van der Waals surface area contributed by atoms with Crippen molar-refractivity contribution in [2.75, 3.05) is 11.6 Å². The molecule has 1 aliphatic heterocycles. The maximum atomic E-state index is 12.7. The zero-order chi connectivity index (χ0) is 19.3. The van der Waals surface area contributed by atoms with Crippen LogP contribution in [0.15, 0.2) is 53.2 Å². The van der Waals surface area contributed by atoms with Gasteiger partial charge in [-0.15, -0.1) is 34.4 Å². The molecule has 144 valence electrons. The van der Waals surface area contributed by atoms with E-state index in [0.29, 0.717) is 24.6 Å². The monoisotopic (exact) mass is 429 g/mol. The number of aromatic nitrogens is 1. The van der Waals surface area contributed by atoms with Crippen LogP contribution in [-0.2, 0) is 22.6 Å². The molecule has 0 bridgehead atoms. The number of hydrogen-bond donors (Lipinski definition) is 1. The molecule has 0 aliphatic carbocycles. The van der Waals surface area contributed by atoms with Gasteiger partial charge in [-0.2, -0.15) is 0 Å². The third kappa shape index (κ3) is 4.45. The Morgan fingerprint density at radius 1 is 1.14 bits per heavy atom. The van der Waals surface area contributed by atoms with Crippen molar-refractivity contribution in [1.82, 2.24) is 15.2 Å². The van der Waals surface area contributed by atoms with Gasteiger partial charge in [0.15, 0.2) is 0 Å². The van der Waals surface area contributed by atoms with E-state index in [1.54, 1.807) is 39.3 Å². The average molecular weight is 430 g/mol. The summed E-state index contributed by atoms with van der Waals surface area (Å²) < 4.78 is 0. The Hall–Kier alpha value is -2.16. The minimum absolute atomic E-state index is 0.00706. The predicted octanol–water partition coefficient (Wildman–Crippen LogP) is 3.63. The van der Waals surface area contributed by atoms with Gasteiger partial charge in [0.25, 0.3) is 0 Å². The number of rotatable bonds is 6. The van der Waals surface area contributed by atoms with Crippen LogP contribution in [0.1, 0.15) is 10.6 Å². The number of amides is 2. The second-order valence-corrected chi connectivity index (χ2v) is 9.25. The molecule has 1 aromatic carbocycles. The van der Waals surface area contributed by atoms with Crippen LogP contribution in [0, 0.1) is 0 Å². The molecule has 5 nitrogen and oxygen atoms in total. The number of nitrogens with one attached hydrogen (secondary N) is 1. The average Bonchev–Trinajstić information content (AvgIpc) is 3.48. The van der Waals surface area contributed by atoms with Crippen molar-refractivity contribution in [3.8, 4) is 10.6 Å². The van der Waals surface area contributed by atoms with Gasteiger partial charge < -0.3 is 10.2 Å². The van der Waals surface area contributed by atoms with Crippen molar-refractivity contribution >= 4 is 46.2 Å². The van der Waals surface area contributed by atoms with Crippen LogP contribution in [0.5, 0.6) is 0 Å². The Labute approximate surface area is 175 Å². The molecule has 3 heterocycles. The molecule has 2 aromatic heterocycles. The van der Waals surface area contributed by atoms with Crippen LogP contribution in [0.4, 0.5) is 0 Å². The molecular formula is C20H19N3O2S3. The highest BCUT2D eigenvalue weighted by atomic mass is 32.2. The summed E-state index contributed by atoms with van der Waals surface area (Å²) in [5, 5.41) is 7.81. The van der Waals surface area contributed by atoms with Crippen LogP contribution in [-0.4, -0.2) is 39.4 Å². The van der Waals surface area contributed by atoms with Crippen LogP contribution < -0.4 is 5.32 Å². The first-order valence-electron chi connectivity index (χ1n) is 8.88. The molecule has 28 heavy (non-hydrogen) atoms. The highest BCUT2D eigenvalue weighted by molar-refractivity contribution is 7.99. The largest absolute Gasteiger partial charge is 0.349 e. The third-order valence-corrected chi connectivity index (χ3v) is 7.26. The molecule has 3 aromatic rings. The summed E-state index contributed by atoms with van der Waals surface area (Å²) in [6.45, 7) is 0.371. The molecular weight excluding hydrogens is 410 g/mol. The highest BCUT2D eigenvalue weighted by Gasteiger charge is 2.34. The Balaban J connectivity index is 1.34. The second kappa shape index (κ2) is 8.89. The molecule has 2 amide bonds. The van der Waals surface area contributed by atoms with Gasteiger partial charge in [0, 0.05) is 21.6 Å². The lowest BCUT2D eigenvalue weighted by Crippen LogP contribution is -2.47. The van der Waals surface area contributed by atoms with Crippen LogP contribution >= 0.6 is 34.4 Å². The van der Waals surface area contributed by atoms with Crippen molar-refractivity contribution in [1.29, 1.82) is 0 Å². The quantitative estimate of drug-likeness (QED) is 0.650. The number of nitrogens with zero attached hydrogens (tertiary/aromatic N) is 2. The standard InChI is InChI=1S/C20H19N3O2S3/c24-18(9-16-7-4-8-27-16)23-13-26-12-17(23)19(25)21-10-15-11-28-20(22-15)14-5-2-1-3-6-14/h1-8,11,17H,9-10,12-13H2,(H,21,25)/t17-/m1/s1. The SMILES string of the molecule is O=C(NCc1csc(-c2ccccc2)n1)[C@H]1CSCN1C(=O)Cc1cccs1. The van der Waals surface area contributed by atoms with E-state index in [9.17, 15) is 9.59 Å². The number of carbonyl (C=O) groups is 2. The lowest BCUT2D eigenvalue weighted by atomic mass is 10.2. The summed E-state index contributed by atoms with van der Waals surface area (Å²) in [7, 11) is 0. The van der Waals surface area contributed by atoms with E-state index in [0.717, 1.165) is 21.1 Å². The first-order chi connectivity index (χ1) is 13.7. The van der Waals surface area contributed by atoms with E-state index >= 15 is 0 Å². The number of carbonyl (C=O) groups excluding carboxylic acids is 2. The smallest absolute Gasteiger partial charge is 0.244 e. The van der Waals surface area contributed by atoms with E-state index in [1.807, 2.05) is 53.2 Å². The molecule has 1 saturated heterocycles. The Morgan fingerprint density at radius 2 is 2.00 bits per heavy atom.